The Hall–Kier alpha value is -3.37. The van der Waals surface area contributed by atoms with Crippen molar-refractivity contribution in [2.24, 2.45) is 10.7 Å². The number of rotatable bonds is 13. The first-order valence-electron chi connectivity index (χ1n) is 13.0. The first kappa shape index (κ1) is 27.7. The smallest absolute Gasteiger partial charge is 0.265 e. The zero-order valence-electron chi connectivity index (χ0n) is 21.7. The average Bonchev–Trinajstić information content (AvgIpc) is 3.57. The van der Waals surface area contributed by atoms with Gasteiger partial charge in [-0.25, -0.2) is 4.99 Å². The van der Waals surface area contributed by atoms with Crippen LogP contribution in [0.2, 0.25) is 0 Å². The standard InChI is InChI=1S/C28H35N5O4S/c1-37-23-14-12-21(13-15-23)30-28-31-24(25(29)35)27(38-28)32-26(36)20-10-8-19(9-11-20)6-2-3-7-22(34)18-33-16-4-5-17-33/h8-15,27-28,30H,2-7,16-18H2,1H3,(H2,29,35)(H,32,36). The number of Topliss-reactive ketones (excluding diaryl/α,β-unsaturated/α-hetero) is 1. The number of nitrogens with two attached hydrogens (primary N) is 1. The Morgan fingerprint density at radius 1 is 1.05 bits per heavy atom. The molecule has 4 rings (SSSR count). The van der Waals surface area contributed by atoms with Crippen LogP contribution in [0.25, 0.3) is 0 Å². The number of anilines is 1. The van der Waals surface area contributed by atoms with Crippen LogP contribution in [-0.2, 0) is 16.0 Å². The first-order valence-corrected chi connectivity index (χ1v) is 13.9. The number of likely N-dealkylation sites (tertiary alicyclic amines) is 1. The van der Waals surface area contributed by atoms with Gasteiger partial charge in [-0.1, -0.05) is 23.9 Å². The number of ether oxygens (including phenoxy) is 1. The fourth-order valence-corrected chi connectivity index (χ4v) is 5.67. The zero-order valence-corrected chi connectivity index (χ0v) is 22.5. The van der Waals surface area contributed by atoms with Gasteiger partial charge >= 0.3 is 0 Å². The molecule has 0 aromatic heterocycles. The molecule has 1 saturated heterocycles. The summed E-state index contributed by atoms with van der Waals surface area (Å²) in [5, 5.41) is 5.42. The van der Waals surface area contributed by atoms with Crippen molar-refractivity contribution in [3.8, 4) is 5.75 Å². The molecule has 1 fully saturated rings. The van der Waals surface area contributed by atoms with E-state index in [9.17, 15) is 14.4 Å². The number of nitrogens with zero attached hydrogens (tertiary/aromatic N) is 2. The molecule has 4 N–H and O–H groups in total. The van der Waals surface area contributed by atoms with Crippen molar-refractivity contribution in [2.75, 3.05) is 32.1 Å². The van der Waals surface area contributed by atoms with Crippen LogP contribution >= 0.6 is 11.8 Å². The number of benzene rings is 2. The number of hydrogen-bond acceptors (Lipinski definition) is 8. The molecule has 2 amide bonds. The van der Waals surface area contributed by atoms with Crippen LogP contribution in [0.4, 0.5) is 5.69 Å². The maximum absolute atomic E-state index is 12.9. The second-order valence-electron chi connectivity index (χ2n) is 9.52. The quantitative estimate of drug-likeness (QED) is 0.335. The van der Waals surface area contributed by atoms with Gasteiger partial charge < -0.3 is 21.1 Å². The van der Waals surface area contributed by atoms with E-state index in [-0.39, 0.29) is 11.6 Å². The van der Waals surface area contributed by atoms with Crippen LogP contribution in [0.15, 0.2) is 53.5 Å². The number of carbonyl (C=O) groups is 3. The largest absolute Gasteiger partial charge is 0.497 e. The van der Waals surface area contributed by atoms with Gasteiger partial charge in [-0.3, -0.25) is 19.3 Å². The highest BCUT2D eigenvalue weighted by Gasteiger charge is 2.33. The molecule has 10 heteroatoms. The summed E-state index contributed by atoms with van der Waals surface area (Å²) in [6, 6.07) is 14.7. The number of nitrogens with one attached hydrogen (secondary N) is 2. The van der Waals surface area contributed by atoms with Gasteiger partial charge in [0.2, 0.25) is 0 Å². The molecule has 2 atom stereocenters. The van der Waals surface area contributed by atoms with Gasteiger partial charge in [-0.05, 0) is 87.2 Å². The summed E-state index contributed by atoms with van der Waals surface area (Å²) in [7, 11) is 1.60. The second-order valence-corrected chi connectivity index (χ2v) is 10.7. The number of unbranched alkanes of at least 4 members (excludes halogenated alkanes) is 1. The number of methoxy groups -OCH3 is 1. The Kier molecular flexibility index (Phi) is 9.78. The maximum atomic E-state index is 12.9. The highest BCUT2D eigenvalue weighted by molar-refractivity contribution is 8.01. The Bertz CT molecular complexity index is 1150. The number of hydrogen-bond donors (Lipinski definition) is 3. The Morgan fingerprint density at radius 2 is 1.76 bits per heavy atom. The Labute approximate surface area is 227 Å². The van der Waals surface area contributed by atoms with E-state index in [1.54, 1.807) is 19.2 Å². The van der Waals surface area contributed by atoms with Crippen LogP contribution in [0.3, 0.4) is 0 Å². The molecule has 2 aliphatic heterocycles. The number of aliphatic imine (C=N–C) groups is 1. The summed E-state index contributed by atoms with van der Waals surface area (Å²) >= 11 is 1.29. The van der Waals surface area contributed by atoms with Crippen molar-refractivity contribution in [2.45, 2.75) is 49.4 Å². The zero-order chi connectivity index (χ0) is 26.9. The predicted octanol–water partition coefficient (Wildman–Crippen LogP) is 3.20. The summed E-state index contributed by atoms with van der Waals surface area (Å²) in [6.07, 6.45) is 5.67. The van der Waals surface area contributed by atoms with Crippen LogP contribution in [0.1, 0.15) is 48.0 Å². The van der Waals surface area contributed by atoms with E-state index >= 15 is 0 Å². The molecule has 2 aromatic rings. The first-order chi connectivity index (χ1) is 18.4. The third kappa shape index (κ3) is 7.82. The minimum atomic E-state index is -0.670. The molecule has 2 aliphatic rings. The van der Waals surface area contributed by atoms with Crippen molar-refractivity contribution >= 4 is 40.8 Å². The third-order valence-corrected chi connectivity index (χ3v) is 7.74. The van der Waals surface area contributed by atoms with Crippen molar-refractivity contribution < 1.29 is 19.1 Å². The second kappa shape index (κ2) is 13.4. The van der Waals surface area contributed by atoms with Crippen LogP contribution in [-0.4, -0.2) is 65.8 Å². The summed E-state index contributed by atoms with van der Waals surface area (Å²) in [6.45, 7) is 2.68. The Balaban J connectivity index is 1.23. The normalized spacial score (nSPS) is 19.1. The highest BCUT2D eigenvalue weighted by Crippen LogP contribution is 2.28. The van der Waals surface area contributed by atoms with Gasteiger partial charge in [-0.15, -0.1) is 0 Å². The van der Waals surface area contributed by atoms with Gasteiger partial charge in [0.1, 0.15) is 22.6 Å². The topological polar surface area (TPSA) is 126 Å². The molecule has 0 aliphatic carbocycles. The van der Waals surface area contributed by atoms with Crippen LogP contribution in [0.5, 0.6) is 5.75 Å². The molecule has 0 spiro atoms. The van der Waals surface area contributed by atoms with Gasteiger partial charge in [-0.2, -0.15) is 0 Å². The van der Waals surface area contributed by atoms with E-state index in [1.807, 2.05) is 36.4 Å². The molecule has 9 nitrogen and oxygen atoms in total. The molecule has 2 unspecified atom stereocenters. The van der Waals surface area contributed by atoms with Gasteiger partial charge in [0.25, 0.3) is 11.8 Å². The lowest BCUT2D eigenvalue weighted by molar-refractivity contribution is -0.120. The van der Waals surface area contributed by atoms with Crippen molar-refractivity contribution in [1.29, 1.82) is 0 Å². The Morgan fingerprint density at radius 3 is 2.42 bits per heavy atom. The maximum Gasteiger partial charge on any atom is 0.265 e. The molecular weight excluding hydrogens is 502 g/mol. The number of carbonyl (C=O) groups excluding carboxylic acids is 3. The van der Waals surface area contributed by atoms with Gasteiger partial charge in [0.05, 0.1) is 13.7 Å². The number of amides is 2. The van der Waals surface area contributed by atoms with E-state index in [4.69, 9.17) is 10.5 Å². The van der Waals surface area contributed by atoms with E-state index in [1.165, 1.54) is 24.6 Å². The number of ketones is 1. The fraction of sp³-hybridized carbons (Fsp3) is 0.429. The lowest BCUT2D eigenvalue weighted by Crippen LogP contribution is -2.42. The number of primary amides is 1. The summed E-state index contributed by atoms with van der Waals surface area (Å²) in [4.78, 5) is 43.6. The van der Waals surface area contributed by atoms with Gasteiger partial charge in [0.15, 0.2) is 5.50 Å². The minimum absolute atomic E-state index is 0.116. The van der Waals surface area contributed by atoms with E-state index < -0.39 is 16.8 Å². The molecule has 202 valence electrons. The molecule has 0 bridgehead atoms. The lowest BCUT2D eigenvalue weighted by atomic mass is 10.0. The number of thioether (sulfide) groups is 1. The van der Waals surface area contributed by atoms with Crippen molar-refractivity contribution in [3.05, 3.63) is 59.7 Å². The SMILES string of the molecule is COc1ccc(NC2N=C(C(N)=O)C(NC(=O)c3ccc(CCCCC(=O)CN4CCCC4)cc3)S2)cc1. The molecule has 2 aromatic carbocycles. The average molecular weight is 538 g/mol. The van der Waals surface area contributed by atoms with E-state index in [2.05, 4.69) is 20.5 Å². The molecule has 0 radical (unpaired) electrons. The molecule has 0 saturated carbocycles. The predicted molar refractivity (Wildman–Crippen MR) is 151 cm³/mol. The van der Waals surface area contributed by atoms with E-state index in [0.717, 1.165) is 49.4 Å². The van der Waals surface area contributed by atoms with E-state index in [0.29, 0.717) is 24.3 Å². The van der Waals surface area contributed by atoms with Crippen LogP contribution < -0.4 is 21.1 Å². The fourth-order valence-electron chi connectivity index (χ4n) is 4.55. The lowest BCUT2D eigenvalue weighted by Gasteiger charge is -2.15. The van der Waals surface area contributed by atoms with Crippen molar-refractivity contribution in [3.63, 3.8) is 0 Å². The van der Waals surface area contributed by atoms with Crippen LogP contribution in [0, 0.1) is 0 Å². The third-order valence-electron chi connectivity index (χ3n) is 6.65. The summed E-state index contributed by atoms with van der Waals surface area (Å²) in [5.41, 5.74) is 7.58. The minimum Gasteiger partial charge on any atom is -0.497 e. The molecule has 38 heavy (non-hydrogen) atoms. The van der Waals surface area contributed by atoms with Gasteiger partial charge in [0, 0.05) is 17.7 Å². The molecular formula is C28H35N5O4S. The summed E-state index contributed by atoms with van der Waals surface area (Å²) < 4.78 is 5.17. The van der Waals surface area contributed by atoms with Crippen molar-refractivity contribution in [1.82, 2.24) is 10.2 Å². The summed E-state index contributed by atoms with van der Waals surface area (Å²) in [5.74, 6) is 0.0795. The highest BCUT2D eigenvalue weighted by atomic mass is 32.2. The number of aryl methyl sites for hydroxylation is 1. The molecule has 2 heterocycles. The monoisotopic (exact) mass is 537 g/mol.